The van der Waals surface area contributed by atoms with E-state index >= 15 is 0 Å². The van der Waals surface area contributed by atoms with Gasteiger partial charge < -0.3 is 24.3 Å². The topological polar surface area (TPSA) is 104 Å². The van der Waals surface area contributed by atoms with E-state index in [0.29, 0.717) is 17.7 Å². The van der Waals surface area contributed by atoms with Crippen LogP contribution in [-0.4, -0.2) is 61.7 Å². The molecule has 0 radical (unpaired) electrons. The van der Waals surface area contributed by atoms with Crippen LogP contribution in [-0.2, 0) is 16.0 Å². The van der Waals surface area contributed by atoms with Gasteiger partial charge in [0.2, 0.25) is 5.91 Å². The number of carboxylic acids is 1. The number of amides is 1. The zero-order valence-electron chi connectivity index (χ0n) is 20.0. The zero-order valence-corrected chi connectivity index (χ0v) is 20.0. The molecule has 1 aliphatic rings. The average Bonchev–Trinajstić information content (AvgIpc) is 3.30. The molecule has 8 nitrogen and oxygen atoms in total. The number of halogens is 4. The fraction of sp³-hybridized carbons (Fsp3) is 0.320. The third-order valence-electron chi connectivity index (χ3n) is 6.02. The van der Waals surface area contributed by atoms with Crippen LogP contribution in [0.3, 0.4) is 0 Å². The van der Waals surface area contributed by atoms with Gasteiger partial charge >= 0.3 is 12.1 Å². The second-order valence-electron chi connectivity index (χ2n) is 8.41. The number of hydrogen-bond donors (Lipinski definition) is 2. The van der Waals surface area contributed by atoms with Crippen LogP contribution in [0.15, 0.2) is 49.6 Å². The van der Waals surface area contributed by atoms with E-state index < -0.39 is 18.0 Å². The van der Waals surface area contributed by atoms with E-state index in [-0.39, 0.29) is 23.8 Å². The molecule has 1 saturated carbocycles. The van der Waals surface area contributed by atoms with Gasteiger partial charge in [-0.3, -0.25) is 4.79 Å². The van der Waals surface area contributed by atoms with Gasteiger partial charge in [-0.05, 0) is 41.8 Å². The van der Waals surface area contributed by atoms with E-state index in [2.05, 4.69) is 11.6 Å². The molecule has 1 fully saturated rings. The van der Waals surface area contributed by atoms with Crippen molar-refractivity contribution < 1.29 is 42.1 Å². The first-order chi connectivity index (χ1) is 17.3. The molecule has 0 atom stereocenters. The van der Waals surface area contributed by atoms with Gasteiger partial charge in [-0.2, -0.15) is 13.2 Å². The summed E-state index contributed by atoms with van der Waals surface area (Å²) in [5.74, 6) is -3.21. The quantitative estimate of drug-likeness (QED) is 0.362. The Labute approximate surface area is 209 Å². The molecule has 2 heterocycles. The molecule has 1 aromatic carbocycles. The van der Waals surface area contributed by atoms with Crippen molar-refractivity contribution in [1.29, 1.82) is 0 Å². The molecule has 0 saturated heterocycles. The van der Waals surface area contributed by atoms with Gasteiger partial charge in [0.15, 0.2) is 11.6 Å². The van der Waals surface area contributed by atoms with Crippen molar-refractivity contribution >= 4 is 17.4 Å². The molecule has 2 N–H and O–H groups in total. The van der Waals surface area contributed by atoms with Crippen molar-refractivity contribution in [2.45, 2.75) is 44.5 Å². The lowest BCUT2D eigenvalue weighted by atomic mass is 9.88. The second kappa shape index (κ2) is 10.9. The van der Waals surface area contributed by atoms with Gasteiger partial charge in [-0.1, -0.05) is 13.5 Å². The first kappa shape index (κ1) is 27.5. The molecule has 0 bridgehead atoms. The number of aromatic hydroxyl groups is 1. The monoisotopic (exact) mass is 523 g/mol. The number of aromatic nitrogens is 2. The van der Waals surface area contributed by atoms with Crippen LogP contribution >= 0.6 is 0 Å². The van der Waals surface area contributed by atoms with Gasteiger partial charge in [0.05, 0.1) is 12.5 Å². The molecule has 37 heavy (non-hydrogen) atoms. The van der Waals surface area contributed by atoms with Gasteiger partial charge in [0.1, 0.15) is 17.4 Å². The van der Waals surface area contributed by atoms with Crippen molar-refractivity contribution in [3.63, 3.8) is 0 Å². The molecule has 0 unspecified atom stereocenters. The Bertz CT molecular complexity index is 1320. The number of ether oxygens (including phenoxy) is 1. The highest BCUT2D eigenvalue weighted by atomic mass is 19.4. The highest BCUT2D eigenvalue weighted by molar-refractivity contribution is 5.87. The maximum atomic E-state index is 14.1. The molecule has 3 aromatic rings. The number of aryl methyl sites for hydroxylation is 1. The number of hydrogen-bond acceptors (Lipinski definition) is 5. The lowest BCUT2D eigenvalue weighted by Crippen LogP contribution is -2.49. The number of phenols is 1. The van der Waals surface area contributed by atoms with Crippen LogP contribution in [0.4, 0.5) is 17.6 Å². The molecule has 1 amide bonds. The number of carboxylic acid groups (broad SMARTS) is 1. The third kappa shape index (κ3) is 6.19. The lowest BCUT2D eigenvalue weighted by Gasteiger charge is -2.40. The summed E-state index contributed by atoms with van der Waals surface area (Å²) < 4.78 is 53.9. The van der Waals surface area contributed by atoms with Crippen LogP contribution in [0, 0.1) is 5.82 Å². The van der Waals surface area contributed by atoms with Crippen LogP contribution in [0.25, 0.3) is 16.6 Å². The zero-order chi connectivity index (χ0) is 27.5. The smallest absolute Gasteiger partial charge is 0.490 e. The fourth-order valence-electron chi connectivity index (χ4n) is 3.86. The number of carbonyl (C=O) groups is 2. The van der Waals surface area contributed by atoms with Crippen molar-refractivity contribution in [1.82, 2.24) is 14.3 Å². The predicted octanol–water partition coefficient (Wildman–Crippen LogP) is 4.60. The van der Waals surface area contributed by atoms with E-state index in [1.807, 2.05) is 23.6 Å². The first-order valence-electron chi connectivity index (χ1n) is 11.2. The molecular formula is C25H25F4N3O5. The van der Waals surface area contributed by atoms with E-state index in [9.17, 15) is 27.5 Å². The third-order valence-corrected chi connectivity index (χ3v) is 6.02. The number of alkyl halides is 3. The highest BCUT2D eigenvalue weighted by Crippen LogP contribution is 2.36. The van der Waals surface area contributed by atoms with Crippen molar-refractivity contribution in [2.24, 2.45) is 0 Å². The predicted molar refractivity (Wildman–Crippen MR) is 126 cm³/mol. The number of benzene rings is 1. The summed E-state index contributed by atoms with van der Waals surface area (Å²) in [5, 5.41) is 16.9. The van der Waals surface area contributed by atoms with E-state index in [1.165, 1.54) is 18.2 Å². The van der Waals surface area contributed by atoms with Crippen LogP contribution < -0.4 is 4.74 Å². The summed E-state index contributed by atoms with van der Waals surface area (Å²) in [6.45, 7) is 5.48. The Balaban J connectivity index is 0.000000479. The lowest BCUT2D eigenvalue weighted by molar-refractivity contribution is -0.192. The Hall–Kier alpha value is -4.09. The summed E-state index contributed by atoms with van der Waals surface area (Å²) in [6.07, 6.45) is 3.59. The molecule has 1 aliphatic carbocycles. The largest absolute Gasteiger partial charge is 0.505 e. The molecule has 4 rings (SSSR count). The Morgan fingerprint density at radius 1 is 1.30 bits per heavy atom. The van der Waals surface area contributed by atoms with Crippen molar-refractivity contribution in [2.75, 3.05) is 7.05 Å². The van der Waals surface area contributed by atoms with Crippen molar-refractivity contribution in [3.05, 3.63) is 61.0 Å². The number of nitrogens with zero attached hydrogens (tertiary/aromatic N) is 3. The fourth-order valence-corrected chi connectivity index (χ4v) is 3.86. The number of likely N-dealkylation sites (N-methyl/N-ethyl adjacent to an activating group) is 1. The standard InChI is InChI=1S/C23H24FN3O3.C2HF3O2/c1-4-14-6-21(28)19(24)10-18(14)15-7-22(20-11-25-13-27(20)12-15)30-17-8-16(9-17)26(3)23(29)5-2;3-2(4,5)1(6)7/h5-7,10-13,16-17,28H,2,4,8-9H2,1,3H3;(H,6,7). The van der Waals surface area contributed by atoms with Crippen LogP contribution in [0.1, 0.15) is 25.3 Å². The maximum absolute atomic E-state index is 14.1. The van der Waals surface area contributed by atoms with Crippen LogP contribution in [0.2, 0.25) is 0 Å². The molecule has 0 spiro atoms. The van der Waals surface area contributed by atoms with E-state index in [0.717, 1.165) is 29.5 Å². The minimum atomic E-state index is -5.08. The summed E-state index contributed by atoms with van der Waals surface area (Å²) >= 11 is 0. The number of carbonyl (C=O) groups excluding carboxylic acids is 1. The number of pyridine rings is 1. The Kier molecular flexibility index (Phi) is 8.09. The molecule has 2 aromatic heterocycles. The van der Waals surface area contributed by atoms with Gasteiger partial charge in [0.25, 0.3) is 0 Å². The van der Waals surface area contributed by atoms with Gasteiger partial charge in [0, 0.05) is 37.7 Å². The van der Waals surface area contributed by atoms with Gasteiger partial charge in [-0.15, -0.1) is 0 Å². The maximum Gasteiger partial charge on any atom is 0.490 e. The molecule has 12 heteroatoms. The summed E-state index contributed by atoms with van der Waals surface area (Å²) in [5.41, 5.74) is 3.14. The van der Waals surface area contributed by atoms with Crippen molar-refractivity contribution in [3.8, 4) is 22.6 Å². The number of fused-ring (bicyclic) bond motifs is 1. The Morgan fingerprint density at radius 3 is 2.51 bits per heavy atom. The molecule has 198 valence electrons. The number of phenolic OH excluding ortho intramolecular Hbond substituents is 1. The Morgan fingerprint density at radius 2 is 1.95 bits per heavy atom. The SMILES string of the molecule is C=CC(=O)N(C)C1CC(Oc2cc(-c3cc(F)c(O)cc3CC)cn3cncc23)C1.O=C(O)C(F)(F)F. The van der Waals surface area contributed by atoms with E-state index in [4.69, 9.17) is 14.6 Å². The molecule has 0 aliphatic heterocycles. The summed E-state index contributed by atoms with van der Waals surface area (Å²) in [4.78, 5) is 26.6. The number of aliphatic carboxylic acids is 1. The minimum Gasteiger partial charge on any atom is -0.505 e. The summed E-state index contributed by atoms with van der Waals surface area (Å²) in [6, 6.07) is 4.83. The highest BCUT2D eigenvalue weighted by Gasteiger charge is 2.38. The van der Waals surface area contributed by atoms with Gasteiger partial charge in [-0.25, -0.2) is 14.2 Å². The number of rotatable bonds is 6. The first-order valence-corrected chi connectivity index (χ1v) is 11.2. The second-order valence-corrected chi connectivity index (χ2v) is 8.41. The number of imidazole rings is 1. The van der Waals surface area contributed by atoms with E-state index in [1.54, 1.807) is 24.5 Å². The average molecular weight is 523 g/mol. The normalized spacial score (nSPS) is 16.8. The summed E-state index contributed by atoms with van der Waals surface area (Å²) in [7, 11) is 1.77. The molecular weight excluding hydrogens is 498 g/mol. The minimum absolute atomic E-state index is 0.0220. The van der Waals surface area contributed by atoms with Crippen LogP contribution in [0.5, 0.6) is 11.5 Å².